The second-order valence-electron chi connectivity index (χ2n) is 7.36. The van der Waals surface area contributed by atoms with Gasteiger partial charge in [0.15, 0.2) is 0 Å². The van der Waals surface area contributed by atoms with Gasteiger partial charge in [-0.05, 0) is 57.9 Å². The second kappa shape index (κ2) is 10.1. The minimum Gasteiger partial charge on any atom is -0.0877 e. The Hall–Kier alpha value is -1.82. The number of hydrogen-bond acceptors (Lipinski definition) is 0. The summed E-state index contributed by atoms with van der Waals surface area (Å²) in [5.74, 6) is 0. The van der Waals surface area contributed by atoms with Crippen LogP contribution in [-0.2, 0) is 0 Å². The van der Waals surface area contributed by atoms with Crippen LogP contribution in [-0.4, -0.2) is 0 Å². The number of hydrogen-bond donors (Lipinski definition) is 0. The van der Waals surface area contributed by atoms with Crippen molar-refractivity contribution in [1.29, 1.82) is 0 Å². The SMILES string of the molecule is C\C=C/C=C/C=C(C)/C=C/C=C(C)/C=C/C1=C(C)CCCC1(C)C. The van der Waals surface area contributed by atoms with E-state index in [9.17, 15) is 0 Å². The molecule has 0 N–H and O–H groups in total. The zero-order valence-electron chi connectivity index (χ0n) is 16.4. The minimum atomic E-state index is 0.313. The first-order valence-electron chi connectivity index (χ1n) is 9.06. The molecule has 0 atom stereocenters. The summed E-state index contributed by atoms with van der Waals surface area (Å²) in [5, 5.41) is 0. The lowest BCUT2D eigenvalue weighted by Crippen LogP contribution is -2.19. The number of allylic oxidation sites excluding steroid dienone is 14. The van der Waals surface area contributed by atoms with Gasteiger partial charge in [-0.25, -0.2) is 0 Å². The molecule has 24 heavy (non-hydrogen) atoms. The van der Waals surface area contributed by atoms with E-state index in [0.29, 0.717) is 5.41 Å². The van der Waals surface area contributed by atoms with E-state index in [2.05, 4.69) is 77.2 Å². The molecule has 0 amide bonds. The fourth-order valence-corrected chi connectivity index (χ4v) is 3.07. The van der Waals surface area contributed by atoms with Gasteiger partial charge < -0.3 is 0 Å². The molecule has 1 aliphatic rings. The summed E-state index contributed by atoms with van der Waals surface area (Å²) in [6, 6.07) is 0. The van der Waals surface area contributed by atoms with E-state index in [1.165, 1.54) is 36.0 Å². The van der Waals surface area contributed by atoms with E-state index >= 15 is 0 Å². The maximum atomic E-state index is 2.36. The molecular weight excluding hydrogens is 288 g/mol. The van der Waals surface area contributed by atoms with Gasteiger partial charge in [-0.15, -0.1) is 0 Å². The molecule has 130 valence electrons. The first kappa shape index (κ1) is 20.2. The van der Waals surface area contributed by atoms with Gasteiger partial charge in [-0.3, -0.25) is 0 Å². The van der Waals surface area contributed by atoms with Crippen LogP contribution in [0.4, 0.5) is 0 Å². The summed E-state index contributed by atoms with van der Waals surface area (Å²) in [7, 11) is 0. The van der Waals surface area contributed by atoms with Crippen molar-refractivity contribution in [3.05, 3.63) is 83.1 Å². The Morgan fingerprint density at radius 2 is 1.58 bits per heavy atom. The summed E-state index contributed by atoms with van der Waals surface area (Å²) in [4.78, 5) is 0. The van der Waals surface area contributed by atoms with Crippen molar-refractivity contribution in [2.75, 3.05) is 0 Å². The standard InChI is InChI=1S/C24H34/c1-7-8-9-10-13-20(2)14-11-15-21(3)17-18-23-22(4)16-12-19-24(23,5)6/h7-11,13-15,17-18H,12,16,19H2,1-6H3/b8-7-,10-9+,14-11+,18-17+,20-13+,21-15+. The smallest absolute Gasteiger partial charge is 0.0104 e. The van der Waals surface area contributed by atoms with Crippen molar-refractivity contribution < 1.29 is 0 Å². The van der Waals surface area contributed by atoms with E-state index < -0.39 is 0 Å². The average Bonchev–Trinajstić information content (AvgIpc) is 2.50. The van der Waals surface area contributed by atoms with Crippen LogP contribution >= 0.6 is 0 Å². The van der Waals surface area contributed by atoms with Gasteiger partial charge in [-0.2, -0.15) is 0 Å². The number of rotatable bonds is 6. The van der Waals surface area contributed by atoms with Crippen LogP contribution in [0.5, 0.6) is 0 Å². The third-order valence-electron chi connectivity index (χ3n) is 4.55. The molecule has 1 rings (SSSR count). The molecule has 0 aromatic heterocycles. The molecule has 0 heterocycles. The van der Waals surface area contributed by atoms with E-state index in [1.54, 1.807) is 5.57 Å². The molecule has 0 spiro atoms. The molecule has 0 aliphatic heterocycles. The van der Waals surface area contributed by atoms with Crippen molar-refractivity contribution in [2.24, 2.45) is 5.41 Å². The lowest BCUT2D eigenvalue weighted by atomic mass is 9.72. The Bertz CT molecular complexity index is 610. The van der Waals surface area contributed by atoms with Crippen molar-refractivity contribution in [3.8, 4) is 0 Å². The van der Waals surface area contributed by atoms with E-state index in [-0.39, 0.29) is 0 Å². The maximum absolute atomic E-state index is 2.36. The molecule has 0 aromatic carbocycles. The van der Waals surface area contributed by atoms with Gasteiger partial charge in [0.1, 0.15) is 0 Å². The van der Waals surface area contributed by atoms with Gasteiger partial charge in [0.05, 0.1) is 0 Å². The summed E-state index contributed by atoms with van der Waals surface area (Å²) in [5.41, 5.74) is 5.92. The monoisotopic (exact) mass is 322 g/mol. The normalized spacial score (nSPS) is 20.4. The molecule has 0 heteroatoms. The Morgan fingerprint density at radius 1 is 0.917 bits per heavy atom. The summed E-state index contributed by atoms with van der Waals surface area (Å²) in [6.07, 6.45) is 25.2. The van der Waals surface area contributed by atoms with Crippen molar-refractivity contribution in [1.82, 2.24) is 0 Å². The molecular formula is C24H34. The van der Waals surface area contributed by atoms with Crippen molar-refractivity contribution in [2.45, 2.75) is 60.8 Å². The molecule has 0 saturated heterocycles. The molecule has 1 aliphatic carbocycles. The molecule has 0 fully saturated rings. The molecule has 0 radical (unpaired) electrons. The summed E-state index contributed by atoms with van der Waals surface area (Å²) in [6.45, 7) is 13.3. The van der Waals surface area contributed by atoms with Crippen LogP contribution in [0.15, 0.2) is 83.1 Å². The minimum absolute atomic E-state index is 0.313. The molecule has 0 aromatic rings. The molecule has 0 saturated carbocycles. The average molecular weight is 323 g/mol. The topological polar surface area (TPSA) is 0 Å². The first-order chi connectivity index (χ1) is 11.4. The van der Waals surface area contributed by atoms with Gasteiger partial charge in [0, 0.05) is 0 Å². The fraction of sp³-hybridized carbons (Fsp3) is 0.417. The fourth-order valence-electron chi connectivity index (χ4n) is 3.07. The van der Waals surface area contributed by atoms with Crippen LogP contribution in [0.25, 0.3) is 0 Å². The van der Waals surface area contributed by atoms with E-state index in [4.69, 9.17) is 0 Å². The lowest BCUT2D eigenvalue weighted by molar-refractivity contribution is 0.377. The predicted octanol–water partition coefficient (Wildman–Crippen LogP) is 7.65. The molecule has 0 bridgehead atoms. The molecule has 0 unspecified atom stereocenters. The third kappa shape index (κ3) is 7.17. The van der Waals surface area contributed by atoms with Crippen LogP contribution in [0, 0.1) is 5.41 Å². The van der Waals surface area contributed by atoms with Crippen LogP contribution in [0.1, 0.15) is 60.8 Å². The first-order valence-corrected chi connectivity index (χ1v) is 9.06. The highest BCUT2D eigenvalue weighted by molar-refractivity contribution is 5.37. The zero-order valence-corrected chi connectivity index (χ0v) is 16.4. The highest BCUT2D eigenvalue weighted by atomic mass is 14.3. The van der Waals surface area contributed by atoms with Gasteiger partial charge in [-0.1, -0.05) is 91.3 Å². The van der Waals surface area contributed by atoms with E-state index in [0.717, 1.165) is 0 Å². The summed E-state index contributed by atoms with van der Waals surface area (Å²) < 4.78 is 0. The largest absolute Gasteiger partial charge is 0.0877 e. The maximum Gasteiger partial charge on any atom is -0.0104 e. The molecule has 0 nitrogen and oxygen atoms in total. The Morgan fingerprint density at radius 3 is 2.25 bits per heavy atom. The van der Waals surface area contributed by atoms with E-state index in [1.807, 2.05) is 25.2 Å². The van der Waals surface area contributed by atoms with Crippen LogP contribution in [0.3, 0.4) is 0 Å². The highest BCUT2D eigenvalue weighted by Crippen LogP contribution is 2.40. The lowest BCUT2D eigenvalue weighted by Gasteiger charge is -2.32. The van der Waals surface area contributed by atoms with Gasteiger partial charge in [0.2, 0.25) is 0 Å². The van der Waals surface area contributed by atoms with Crippen molar-refractivity contribution >= 4 is 0 Å². The Kier molecular flexibility index (Phi) is 8.54. The highest BCUT2D eigenvalue weighted by Gasteiger charge is 2.26. The Labute approximate surface area is 149 Å². The summed E-state index contributed by atoms with van der Waals surface area (Å²) >= 11 is 0. The zero-order chi connectivity index (χ0) is 18.0. The second-order valence-corrected chi connectivity index (χ2v) is 7.36. The van der Waals surface area contributed by atoms with Crippen LogP contribution in [0.2, 0.25) is 0 Å². The van der Waals surface area contributed by atoms with Gasteiger partial charge in [0.25, 0.3) is 0 Å². The predicted molar refractivity (Wildman–Crippen MR) is 110 cm³/mol. The quantitative estimate of drug-likeness (QED) is 0.440. The van der Waals surface area contributed by atoms with Crippen LogP contribution < -0.4 is 0 Å². The Balaban J connectivity index is 2.72. The van der Waals surface area contributed by atoms with Gasteiger partial charge >= 0.3 is 0 Å². The third-order valence-corrected chi connectivity index (χ3v) is 4.55. The van der Waals surface area contributed by atoms with Crippen molar-refractivity contribution in [3.63, 3.8) is 0 Å².